The van der Waals surface area contributed by atoms with Gasteiger partial charge in [-0.25, -0.2) is 0 Å². The van der Waals surface area contributed by atoms with Gasteiger partial charge in [-0.2, -0.15) is 0 Å². The van der Waals surface area contributed by atoms with Crippen LogP contribution in [0.5, 0.6) is 5.75 Å². The molecule has 1 nitrogen and oxygen atoms in total. The highest BCUT2D eigenvalue weighted by Gasteiger charge is 2.89. The standard InChI is InChI=1S/C15H12Cl2OS/c1-13-9-10-5-2-3-6-11(10)18-14(13,15(13,16)17)12-7-4-8-19-12/h2-8H,9H2,1H3/t13-,14+/m0/s1. The van der Waals surface area contributed by atoms with Crippen LogP contribution < -0.4 is 4.74 Å². The molecule has 1 aliphatic carbocycles. The highest BCUT2D eigenvalue weighted by atomic mass is 35.5. The zero-order chi connectivity index (χ0) is 13.3. The smallest absolute Gasteiger partial charge is 0.185 e. The Kier molecular flexibility index (Phi) is 2.22. The predicted molar refractivity (Wildman–Crippen MR) is 79.3 cm³/mol. The fourth-order valence-corrected chi connectivity index (χ4v) is 5.48. The number of hydrogen-bond acceptors (Lipinski definition) is 2. The summed E-state index contributed by atoms with van der Waals surface area (Å²) in [5.74, 6) is 0.900. The van der Waals surface area contributed by atoms with Gasteiger partial charge >= 0.3 is 0 Å². The Bertz CT molecular complexity index is 652. The number of hydrogen-bond donors (Lipinski definition) is 0. The lowest BCUT2D eigenvalue weighted by Crippen LogP contribution is -2.29. The summed E-state index contributed by atoms with van der Waals surface area (Å²) < 4.78 is 5.42. The first-order valence-corrected chi connectivity index (χ1v) is 7.85. The largest absolute Gasteiger partial charge is 0.478 e. The topological polar surface area (TPSA) is 9.23 Å². The second-order valence-electron chi connectivity index (χ2n) is 5.45. The van der Waals surface area contributed by atoms with Crippen LogP contribution in [0, 0.1) is 5.41 Å². The van der Waals surface area contributed by atoms with Gasteiger partial charge in [0.1, 0.15) is 5.75 Å². The van der Waals surface area contributed by atoms with Crippen LogP contribution in [0.1, 0.15) is 17.4 Å². The van der Waals surface area contributed by atoms with Gasteiger partial charge in [-0.1, -0.05) is 54.4 Å². The molecule has 1 aromatic heterocycles. The zero-order valence-electron chi connectivity index (χ0n) is 10.3. The molecule has 1 saturated carbocycles. The molecule has 0 N–H and O–H groups in total. The third kappa shape index (κ3) is 1.19. The lowest BCUT2D eigenvalue weighted by Gasteiger charge is -2.29. The summed E-state index contributed by atoms with van der Waals surface area (Å²) >= 11 is 14.9. The van der Waals surface area contributed by atoms with Crippen molar-refractivity contribution in [1.29, 1.82) is 0 Å². The van der Waals surface area contributed by atoms with Crippen LogP contribution in [0.4, 0.5) is 0 Å². The van der Waals surface area contributed by atoms with E-state index in [-0.39, 0.29) is 5.41 Å². The molecular weight excluding hydrogens is 299 g/mol. The molecular formula is C15H12Cl2OS. The van der Waals surface area contributed by atoms with Gasteiger partial charge < -0.3 is 4.74 Å². The van der Waals surface area contributed by atoms with Crippen LogP contribution in [0.25, 0.3) is 0 Å². The van der Waals surface area contributed by atoms with Crippen molar-refractivity contribution in [2.45, 2.75) is 23.3 Å². The number of para-hydroxylation sites is 1. The highest BCUT2D eigenvalue weighted by Crippen LogP contribution is 2.81. The number of benzene rings is 1. The van der Waals surface area contributed by atoms with E-state index < -0.39 is 9.93 Å². The van der Waals surface area contributed by atoms with Gasteiger partial charge in [0.05, 0.1) is 10.3 Å². The molecule has 0 bridgehead atoms. The van der Waals surface area contributed by atoms with Gasteiger partial charge in [0.25, 0.3) is 0 Å². The second kappa shape index (κ2) is 3.49. The minimum atomic E-state index is -0.885. The van der Waals surface area contributed by atoms with Crippen LogP contribution >= 0.6 is 34.5 Å². The molecule has 2 aliphatic rings. The Morgan fingerprint density at radius 2 is 1.95 bits per heavy atom. The van der Waals surface area contributed by atoms with E-state index in [1.807, 2.05) is 29.6 Å². The maximum atomic E-state index is 6.64. The number of alkyl halides is 2. The Morgan fingerprint density at radius 3 is 2.68 bits per heavy atom. The van der Waals surface area contributed by atoms with Crippen molar-refractivity contribution in [3.05, 3.63) is 52.2 Å². The fraction of sp³-hybridized carbons (Fsp3) is 0.333. The van der Waals surface area contributed by atoms with Gasteiger partial charge in [-0.15, -0.1) is 11.3 Å². The third-order valence-electron chi connectivity index (χ3n) is 4.50. The van der Waals surface area contributed by atoms with Crippen molar-refractivity contribution < 1.29 is 4.74 Å². The van der Waals surface area contributed by atoms with Gasteiger partial charge in [-0.05, 0) is 29.5 Å². The molecule has 2 heterocycles. The van der Waals surface area contributed by atoms with E-state index in [1.165, 1.54) is 5.56 Å². The first-order chi connectivity index (χ1) is 9.03. The van der Waals surface area contributed by atoms with Crippen molar-refractivity contribution in [1.82, 2.24) is 0 Å². The first-order valence-electron chi connectivity index (χ1n) is 6.22. The number of halogens is 2. The number of rotatable bonds is 1. The fourth-order valence-electron chi connectivity index (χ4n) is 3.31. The molecule has 0 unspecified atom stereocenters. The minimum absolute atomic E-state index is 0.275. The van der Waals surface area contributed by atoms with E-state index in [0.717, 1.165) is 17.0 Å². The summed E-state index contributed by atoms with van der Waals surface area (Å²) in [6.45, 7) is 2.11. The normalized spacial score (nSPS) is 34.1. The van der Waals surface area contributed by atoms with E-state index in [0.29, 0.717) is 0 Å². The minimum Gasteiger partial charge on any atom is -0.478 e. The lowest BCUT2D eigenvalue weighted by atomic mass is 9.90. The number of thiophene rings is 1. The van der Waals surface area contributed by atoms with Gasteiger partial charge in [0, 0.05) is 0 Å². The SMILES string of the molecule is C[C@]12Cc3ccccc3O[C@@]1(c1cccs1)C2(Cl)Cl. The molecule has 1 aliphatic heterocycles. The Morgan fingerprint density at radius 1 is 1.16 bits per heavy atom. The first kappa shape index (κ1) is 12.1. The van der Waals surface area contributed by atoms with Crippen LogP contribution in [0.2, 0.25) is 0 Å². The molecule has 0 saturated heterocycles. The molecule has 4 rings (SSSR count). The summed E-state index contributed by atoms with van der Waals surface area (Å²) in [6.07, 6.45) is 0.841. The van der Waals surface area contributed by atoms with E-state index >= 15 is 0 Å². The Balaban J connectivity index is 1.92. The predicted octanol–water partition coefficient (Wildman–Crippen LogP) is 4.77. The van der Waals surface area contributed by atoms with E-state index in [1.54, 1.807) is 11.3 Å². The zero-order valence-corrected chi connectivity index (χ0v) is 12.6. The van der Waals surface area contributed by atoms with E-state index in [9.17, 15) is 0 Å². The van der Waals surface area contributed by atoms with Gasteiger partial charge in [-0.3, -0.25) is 0 Å². The van der Waals surface area contributed by atoms with Crippen LogP contribution in [-0.2, 0) is 12.0 Å². The summed E-state index contributed by atoms with van der Waals surface area (Å²) in [7, 11) is 0. The molecule has 0 spiro atoms. The quantitative estimate of drug-likeness (QED) is 0.689. The van der Waals surface area contributed by atoms with Crippen LogP contribution in [-0.4, -0.2) is 4.33 Å². The summed E-state index contributed by atoms with van der Waals surface area (Å²) in [5, 5.41) is 2.04. The molecule has 98 valence electrons. The maximum Gasteiger partial charge on any atom is 0.185 e. The summed E-state index contributed by atoms with van der Waals surface area (Å²) in [5.41, 5.74) is 0.300. The molecule has 19 heavy (non-hydrogen) atoms. The molecule has 0 amide bonds. The van der Waals surface area contributed by atoms with Crippen LogP contribution in [0.15, 0.2) is 41.8 Å². The average molecular weight is 311 g/mol. The molecule has 2 atom stereocenters. The van der Waals surface area contributed by atoms with Crippen molar-refractivity contribution in [2.75, 3.05) is 0 Å². The van der Waals surface area contributed by atoms with Gasteiger partial charge in [0.2, 0.25) is 0 Å². The maximum absolute atomic E-state index is 6.64. The van der Waals surface area contributed by atoms with Crippen molar-refractivity contribution >= 4 is 34.5 Å². The molecule has 2 aromatic rings. The van der Waals surface area contributed by atoms with E-state index in [4.69, 9.17) is 27.9 Å². The Hall–Kier alpha value is -0.700. The number of fused-ring (bicyclic) bond motifs is 2. The van der Waals surface area contributed by atoms with Gasteiger partial charge in [0.15, 0.2) is 9.93 Å². The molecule has 4 heteroatoms. The molecule has 0 radical (unpaired) electrons. The second-order valence-corrected chi connectivity index (χ2v) is 7.73. The van der Waals surface area contributed by atoms with Crippen molar-refractivity contribution in [3.63, 3.8) is 0 Å². The van der Waals surface area contributed by atoms with Crippen LogP contribution in [0.3, 0.4) is 0 Å². The Labute approximate surface area is 126 Å². The van der Waals surface area contributed by atoms with Crippen molar-refractivity contribution in [3.8, 4) is 5.75 Å². The number of ether oxygens (including phenoxy) is 1. The van der Waals surface area contributed by atoms with E-state index in [2.05, 4.69) is 19.1 Å². The molecule has 1 fully saturated rings. The van der Waals surface area contributed by atoms with Crippen molar-refractivity contribution in [2.24, 2.45) is 5.41 Å². The average Bonchev–Trinajstić information content (AvgIpc) is 2.82. The monoisotopic (exact) mass is 310 g/mol. The lowest BCUT2D eigenvalue weighted by molar-refractivity contribution is 0.115. The summed E-state index contributed by atoms with van der Waals surface area (Å²) in [4.78, 5) is 1.11. The third-order valence-corrected chi connectivity index (χ3v) is 6.83. The summed E-state index contributed by atoms with van der Waals surface area (Å²) in [6, 6.07) is 12.2. The highest BCUT2D eigenvalue weighted by molar-refractivity contribution is 7.10. The molecule has 1 aromatic carbocycles.